The van der Waals surface area contributed by atoms with Crippen molar-refractivity contribution in [3.05, 3.63) is 36.2 Å². The van der Waals surface area contributed by atoms with E-state index in [2.05, 4.69) is 21.8 Å². The van der Waals surface area contributed by atoms with Gasteiger partial charge >= 0.3 is 0 Å². The number of nitrogens with zero attached hydrogens (tertiary/aromatic N) is 4. The van der Waals surface area contributed by atoms with E-state index < -0.39 is 0 Å². The number of carbonyl (C=O) groups excluding carboxylic acids is 1. The second kappa shape index (κ2) is 6.96. The molecule has 0 bridgehead atoms. The molecule has 1 amide bonds. The van der Waals surface area contributed by atoms with Crippen molar-refractivity contribution < 1.29 is 4.79 Å². The third-order valence-electron chi connectivity index (χ3n) is 3.75. The van der Waals surface area contributed by atoms with Crippen molar-refractivity contribution in [2.24, 2.45) is 4.99 Å². The molecular formula is C16H20N4OS. The van der Waals surface area contributed by atoms with Crippen LogP contribution in [0.1, 0.15) is 12.5 Å². The number of aliphatic imine (C=N–C) groups is 1. The zero-order valence-corrected chi connectivity index (χ0v) is 13.5. The quantitative estimate of drug-likeness (QED) is 0.780. The highest BCUT2D eigenvalue weighted by atomic mass is 32.2. The monoisotopic (exact) mass is 316 g/mol. The Bertz CT molecular complexity index is 579. The first-order chi connectivity index (χ1) is 10.7. The minimum atomic E-state index is 0.0675. The van der Waals surface area contributed by atoms with E-state index in [4.69, 9.17) is 0 Å². The summed E-state index contributed by atoms with van der Waals surface area (Å²) < 4.78 is 0. The van der Waals surface area contributed by atoms with E-state index in [1.807, 2.05) is 34.9 Å². The molecular weight excluding hydrogens is 296 g/mol. The number of amides is 1. The van der Waals surface area contributed by atoms with E-state index in [9.17, 15) is 4.79 Å². The molecule has 0 aliphatic carbocycles. The first-order valence-corrected chi connectivity index (χ1v) is 8.43. The Labute approximate surface area is 135 Å². The zero-order chi connectivity index (χ0) is 15.4. The summed E-state index contributed by atoms with van der Waals surface area (Å²) in [5, 5.41) is 1.72. The summed E-state index contributed by atoms with van der Waals surface area (Å²) in [5.41, 5.74) is 0.945. The smallest absolute Gasteiger partial charge is 0.246 e. The van der Waals surface area contributed by atoms with Crippen molar-refractivity contribution in [3.63, 3.8) is 0 Å². The third kappa shape index (κ3) is 3.68. The normalized spacial score (nSPS) is 22.2. The van der Waals surface area contributed by atoms with Crippen molar-refractivity contribution in [3.8, 4) is 0 Å². The number of pyridine rings is 1. The Kier molecular flexibility index (Phi) is 4.77. The molecule has 1 fully saturated rings. The molecule has 116 valence electrons. The van der Waals surface area contributed by atoms with Gasteiger partial charge in [-0.1, -0.05) is 24.8 Å². The zero-order valence-electron chi connectivity index (χ0n) is 12.7. The molecule has 3 rings (SSSR count). The van der Waals surface area contributed by atoms with Crippen molar-refractivity contribution in [1.82, 2.24) is 14.8 Å². The van der Waals surface area contributed by atoms with Crippen LogP contribution < -0.4 is 0 Å². The Balaban J connectivity index is 1.51. The van der Waals surface area contributed by atoms with Gasteiger partial charge in [-0.05, 0) is 17.7 Å². The lowest BCUT2D eigenvalue weighted by atomic mass is 10.2. The highest BCUT2D eigenvalue weighted by Gasteiger charge is 2.25. The summed E-state index contributed by atoms with van der Waals surface area (Å²) in [4.78, 5) is 25.0. The SMILES string of the molecule is C[C@@H]1CN=C(N2CCN(C(=O)/C=C/c3cccnc3)CC2)S1. The second-order valence-electron chi connectivity index (χ2n) is 5.48. The largest absolute Gasteiger partial charge is 0.348 e. The van der Waals surface area contributed by atoms with Gasteiger partial charge in [-0.25, -0.2) is 0 Å². The maximum Gasteiger partial charge on any atom is 0.246 e. The lowest BCUT2D eigenvalue weighted by molar-refractivity contribution is -0.127. The predicted molar refractivity (Wildman–Crippen MR) is 90.8 cm³/mol. The molecule has 0 spiro atoms. The van der Waals surface area contributed by atoms with E-state index in [0.717, 1.165) is 43.5 Å². The van der Waals surface area contributed by atoms with Gasteiger partial charge in [0.1, 0.15) is 0 Å². The van der Waals surface area contributed by atoms with Gasteiger partial charge in [0.25, 0.3) is 0 Å². The van der Waals surface area contributed by atoms with Crippen molar-refractivity contribution in [2.45, 2.75) is 12.2 Å². The minimum absolute atomic E-state index is 0.0675. The summed E-state index contributed by atoms with van der Waals surface area (Å²) >= 11 is 1.84. The Morgan fingerprint density at radius 2 is 2.18 bits per heavy atom. The summed E-state index contributed by atoms with van der Waals surface area (Å²) in [5.74, 6) is 0.0675. The number of hydrogen-bond donors (Lipinski definition) is 0. The Hall–Kier alpha value is -1.82. The molecule has 0 N–H and O–H groups in total. The van der Waals surface area contributed by atoms with Crippen LogP contribution in [0, 0.1) is 0 Å². The molecule has 2 aliphatic heterocycles. The maximum atomic E-state index is 12.2. The first-order valence-electron chi connectivity index (χ1n) is 7.55. The number of amidine groups is 1. The number of rotatable bonds is 2. The standard InChI is InChI=1S/C16H20N4OS/c1-13-11-18-16(22-13)20-9-7-19(8-10-20)15(21)5-4-14-3-2-6-17-12-14/h2-6,12-13H,7-11H2,1H3/b5-4+/t13-/m1/s1. The van der Waals surface area contributed by atoms with Crippen LogP contribution in [0.4, 0.5) is 0 Å². The number of piperazine rings is 1. The summed E-state index contributed by atoms with van der Waals surface area (Å²) in [6.07, 6.45) is 6.93. The number of thioether (sulfide) groups is 1. The van der Waals surface area contributed by atoms with Gasteiger partial charge < -0.3 is 9.80 Å². The topological polar surface area (TPSA) is 48.8 Å². The van der Waals surface area contributed by atoms with Crippen LogP contribution >= 0.6 is 11.8 Å². The van der Waals surface area contributed by atoms with E-state index >= 15 is 0 Å². The van der Waals surface area contributed by atoms with Crippen LogP contribution in [0.15, 0.2) is 35.6 Å². The van der Waals surface area contributed by atoms with Crippen LogP contribution in [0.5, 0.6) is 0 Å². The van der Waals surface area contributed by atoms with Crippen molar-refractivity contribution in [2.75, 3.05) is 32.7 Å². The fraction of sp³-hybridized carbons (Fsp3) is 0.438. The van der Waals surface area contributed by atoms with Gasteiger partial charge in [0.2, 0.25) is 5.91 Å². The molecule has 0 radical (unpaired) electrons. The molecule has 22 heavy (non-hydrogen) atoms. The van der Waals surface area contributed by atoms with Gasteiger partial charge in [-0.3, -0.25) is 14.8 Å². The molecule has 6 heteroatoms. The minimum Gasteiger partial charge on any atom is -0.348 e. The molecule has 1 aromatic rings. The van der Waals surface area contributed by atoms with Gasteiger partial charge in [0.15, 0.2) is 5.17 Å². The number of aromatic nitrogens is 1. The fourth-order valence-corrected chi connectivity index (χ4v) is 3.49. The van der Waals surface area contributed by atoms with Gasteiger partial charge in [-0.15, -0.1) is 0 Å². The molecule has 0 aromatic carbocycles. The van der Waals surface area contributed by atoms with Gasteiger partial charge in [0.05, 0.1) is 6.54 Å². The highest BCUT2D eigenvalue weighted by Crippen LogP contribution is 2.23. The van der Waals surface area contributed by atoms with Crippen molar-refractivity contribution >= 4 is 28.9 Å². The number of carbonyl (C=O) groups is 1. The molecule has 0 unspecified atom stereocenters. The average Bonchev–Trinajstić information content (AvgIpc) is 3.00. The van der Waals surface area contributed by atoms with Crippen molar-refractivity contribution in [1.29, 1.82) is 0 Å². The summed E-state index contributed by atoms with van der Waals surface area (Å²) in [7, 11) is 0. The number of hydrogen-bond acceptors (Lipinski definition) is 5. The summed E-state index contributed by atoms with van der Waals surface area (Å²) in [6.45, 7) is 6.35. The molecule has 1 atom stereocenters. The molecule has 3 heterocycles. The lowest BCUT2D eigenvalue weighted by Gasteiger charge is -2.35. The Morgan fingerprint density at radius 3 is 2.82 bits per heavy atom. The van der Waals surface area contributed by atoms with E-state index in [-0.39, 0.29) is 5.91 Å². The predicted octanol–water partition coefficient (Wildman–Crippen LogP) is 1.73. The third-order valence-corrected chi connectivity index (χ3v) is 4.90. The lowest BCUT2D eigenvalue weighted by Crippen LogP contribution is -2.49. The van der Waals surface area contributed by atoms with E-state index in [1.165, 1.54) is 0 Å². The molecule has 2 aliphatic rings. The van der Waals surface area contributed by atoms with Crippen LogP contribution in [-0.4, -0.2) is 63.8 Å². The highest BCUT2D eigenvalue weighted by molar-refractivity contribution is 8.14. The second-order valence-corrected chi connectivity index (χ2v) is 6.89. The summed E-state index contributed by atoms with van der Waals surface area (Å²) in [6, 6.07) is 3.80. The van der Waals surface area contributed by atoms with E-state index in [1.54, 1.807) is 18.5 Å². The van der Waals surface area contributed by atoms with Gasteiger partial charge in [-0.2, -0.15) is 0 Å². The van der Waals surface area contributed by atoms with Crippen LogP contribution in [0.3, 0.4) is 0 Å². The van der Waals surface area contributed by atoms with Crippen LogP contribution in [0.25, 0.3) is 6.08 Å². The Morgan fingerprint density at radius 1 is 1.36 bits per heavy atom. The first kappa shape index (κ1) is 15.1. The molecule has 1 saturated heterocycles. The maximum absolute atomic E-state index is 12.2. The fourth-order valence-electron chi connectivity index (χ4n) is 2.50. The van der Waals surface area contributed by atoms with Crippen LogP contribution in [-0.2, 0) is 4.79 Å². The van der Waals surface area contributed by atoms with E-state index in [0.29, 0.717) is 5.25 Å². The van der Waals surface area contributed by atoms with Crippen LogP contribution in [0.2, 0.25) is 0 Å². The molecule has 1 aromatic heterocycles. The van der Waals surface area contributed by atoms with Gasteiger partial charge in [0, 0.05) is 49.9 Å². The molecule has 5 nitrogen and oxygen atoms in total. The molecule has 0 saturated carbocycles. The average molecular weight is 316 g/mol.